The minimum Gasteiger partial charge on any atom is -0.346 e. The number of fused-ring (bicyclic) bond motifs is 1. The van der Waals surface area contributed by atoms with E-state index in [0.717, 1.165) is 43.4 Å². The second kappa shape index (κ2) is 6.69. The fourth-order valence-electron chi connectivity index (χ4n) is 3.42. The van der Waals surface area contributed by atoms with E-state index < -0.39 is 0 Å². The number of nitrogens with one attached hydrogen (secondary N) is 1. The van der Waals surface area contributed by atoms with Gasteiger partial charge < -0.3 is 9.55 Å². The molecule has 0 fully saturated rings. The Hall–Kier alpha value is -3.32. The maximum atomic E-state index is 13.4. The lowest BCUT2D eigenvalue weighted by Gasteiger charge is -2.11. The van der Waals surface area contributed by atoms with Gasteiger partial charge in [0.05, 0.1) is 29.3 Å². The van der Waals surface area contributed by atoms with Gasteiger partial charge in [-0.15, -0.1) is 11.3 Å². The van der Waals surface area contributed by atoms with Crippen molar-refractivity contribution in [3.63, 3.8) is 0 Å². The zero-order valence-electron chi connectivity index (χ0n) is 15.1. The van der Waals surface area contributed by atoms with Crippen molar-refractivity contribution in [1.82, 2.24) is 24.5 Å². The number of nitrogens with zero attached hydrogens (tertiary/aromatic N) is 4. The lowest BCUT2D eigenvalue weighted by Crippen LogP contribution is -2.00. The van der Waals surface area contributed by atoms with Crippen LogP contribution in [0.4, 0.5) is 4.39 Å². The summed E-state index contributed by atoms with van der Waals surface area (Å²) in [5.41, 5.74) is 4.52. The first kappa shape index (κ1) is 16.8. The van der Waals surface area contributed by atoms with E-state index in [0.29, 0.717) is 6.54 Å². The molecule has 0 saturated carbocycles. The van der Waals surface area contributed by atoms with Gasteiger partial charge >= 0.3 is 0 Å². The van der Waals surface area contributed by atoms with Crippen molar-refractivity contribution in [3.05, 3.63) is 77.0 Å². The monoisotopic (exact) mass is 389 g/mol. The van der Waals surface area contributed by atoms with E-state index in [-0.39, 0.29) is 5.82 Å². The van der Waals surface area contributed by atoms with Crippen molar-refractivity contribution < 1.29 is 4.39 Å². The third-order valence-corrected chi connectivity index (χ3v) is 5.56. The molecule has 0 unspecified atom stereocenters. The number of halogens is 1. The summed E-state index contributed by atoms with van der Waals surface area (Å²) >= 11 is 1.67. The van der Waals surface area contributed by atoms with Crippen LogP contribution < -0.4 is 0 Å². The molecule has 0 amide bonds. The predicted octanol–water partition coefficient (Wildman–Crippen LogP) is 5.05. The van der Waals surface area contributed by atoms with Gasteiger partial charge in [-0.3, -0.25) is 0 Å². The van der Waals surface area contributed by atoms with Crippen molar-refractivity contribution in [3.8, 4) is 22.5 Å². The highest BCUT2D eigenvalue weighted by Crippen LogP contribution is 2.35. The van der Waals surface area contributed by atoms with Crippen LogP contribution in [0.25, 0.3) is 33.5 Å². The lowest BCUT2D eigenvalue weighted by atomic mass is 10.0. The molecule has 0 atom stereocenters. The molecule has 1 N–H and O–H groups in total. The molecule has 0 saturated heterocycles. The van der Waals surface area contributed by atoms with Crippen molar-refractivity contribution in [2.45, 2.75) is 13.5 Å². The van der Waals surface area contributed by atoms with Crippen LogP contribution in [0.3, 0.4) is 0 Å². The van der Waals surface area contributed by atoms with Crippen molar-refractivity contribution in [2.24, 2.45) is 0 Å². The summed E-state index contributed by atoms with van der Waals surface area (Å²) in [4.78, 5) is 17.8. The summed E-state index contributed by atoms with van der Waals surface area (Å²) in [6.45, 7) is 2.67. The summed E-state index contributed by atoms with van der Waals surface area (Å²) in [6.07, 6.45) is 7.41. The molecule has 0 bridgehead atoms. The first-order valence-electron chi connectivity index (χ1n) is 8.84. The smallest absolute Gasteiger partial charge is 0.137 e. The van der Waals surface area contributed by atoms with Crippen LogP contribution in [0.1, 0.15) is 9.88 Å². The molecule has 1 aromatic carbocycles. The fraction of sp³-hybridized carbons (Fsp3) is 0.0952. The van der Waals surface area contributed by atoms with Crippen molar-refractivity contribution >= 4 is 22.4 Å². The zero-order valence-corrected chi connectivity index (χ0v) is 15.9. The van der Waals surface area contributed by atoms with Crippen molar-refractivity contribution in [2.75, 3.05) is 0 Å². The number of imidazole rings is 1. The molecule has 5 nitrogen and oxygen atoms in total. The molecule has 7 heteroatoms. The number of aromatic amines is 1. The number of H-pyrrole nitrogens is 1. The number of rotatable bonds is 4. The first-order valence-corrected chi connectivity index (χ1v) is 9.65. The van der Waals surface area contributed by atoms with Gasteiger partial charge in [0.1, 0.15) is 11.5 Å². The molecule has 4 heterocycles. The number of thiazole rings is 1. The normalized spacial score (nSPS) is 11.4. The quantitative estimate of drug-likeness (QED) is 0.468. The largest absolute Gasteiger partial charge is 0.346 e. The van der Waals surface area contributed by atoms with Gasteiger partial charge in [-0.25, -0.2) is 19.3 Å². The van der Waals surface area contributed by atoms with Crippen LogP contribution in [0, 0.1) is 12.7 Å². The van der Waals surface area contributed by atoms with Gasteiger partial charge in [-0.1, -0.05) is 0 Å². The van der Waals surface area contributed by atoms with E-state index in [2.05, 4.69) is 24.5 Å². The average molecular weight is 389 g/mol. The van der Waals surface area contributed by atoms with Gasteiger partial charge in [0, 0.05) is 40.0 Å². The fourth-order valence-corrected chi connectivity index (χ4v) is 4.21. The van der Waals surface area contributed by atoms with E-state index >= 15 is 0 Å². The minimum absolute atomic E-state index is 0.262. The van der Waals surface area contributed by atoms with Gasteiger partial charge in [0.2, 0.25) is 0 Å². The Morgan fingerprint density at radius 3 is 2.71 bits per heavy atom. The van der Waals surface area contributed by atoms with E-state index in [1.807, 2.05) is 37.8 Å². The van der Waals surface area contributed by atoms with Gasteiger partial charge in [0.15, 0.2) is 0 Å². The molecule has 28 heavy (non-hydrogen) atoms. The van der Waals surface area contributed by atoms with Crippen LogP contribution in [-0.2, 0) is 6.54 Å². The summed E-state index contributed by atoms with van der Waals surface area (Å²) in [5.74, 6) is -0.262. The van der Waals surface area contributed by atoms with E-state index in [1.54, 1.807) is 29.7 Å². The Morgan fingerprint density at radius 2 is 1.93 bits per heavy atom. The first-order chi connectivity index (χ1) is 13.7. The van der Waals surface area contributed by atoms with Gasteiger partial charge in [-0.05, 0) is 43.3 Å². The van der Waals surface area contributed by atoms with Crippen LogP contribution in [0.2, 0.25) is 0 Å². The van der Waals surface area contributed by atoms with Crippen LogP contribution in [-0.4, -0.2) is 24.5 Å². The molecular weight excluding hydrogens is 373 g/mol. The topological polar surface area (TPSA) is 59.4 Å². The highest BCUT2D eigenvalue weighted by Gasteiger charge is 2.18. The molecule has 0 aliphatic carbocycles. The Bertz CT molecular complexity index is 1270. The SMILES string of the molecule is Cc1ncc(Cn2cnc(-c3ccc(F)cc3)c2-c2ccnc3[nH]ccc23)s1. The third kappa shape index (κ3) is 2.90. The number of aromatic nitrogens is 5. The molecule has 0 radical (unpaired) electrons. The second-order valence-corrected chi connectivity index (χ2v) is 7.84. The summed E-state index contributed by atoms with van der Waals surface area (Å²) in [5, 5.41) is 2.06. The second-order valence-electron chi connectivity index (χ2n) is 6.52. The Labute approximate surface area is 164 Å². The molecule has 0 aliphatic heterocycles. The molecule has 0 aliphatic rings. The van der Waals surface area contributed by atoms with Crippen LogP contribution >= 0.6 is 11.3 Å². The molecule has 0 spiro atoms. The molecular formula is C21H16FN5S. The average Bonchev–Trinajstić information content (AvgIpc) is 3.42. The van der Waals surface area contributed by atoms with E-state index in [4.69, 9.17) is 0 Å². The van der Waals surface area contributed by atoms with Gasteiger partial charge in [-0.2, -0.15) is 0 Å². The summed E-state index contributed by atoms with van der Waals surface area (Å²) < 4.78 is 15.6. The summed E-state index contributed by atoms with van der Waals surface area (Å²) in [6, 6.07) is 10.5. The highest BCUT2D eigenvalue weighted by molar-refractivity contribution is 7.11. The molecule has 4 aromatic heterocycles. The number of pyridine rings is 1. The van der Waals surface area contributed by atoms with Crippen LogP contribution in [0.5, 0.6) is 0 Å². The van der Waals surface area contributed by atoms with Crippen LogP contribution in [0.15, 0.2) is 61.3 Å². The maximum absolute atomic E-state index is 13.4. The lowest BCUT2D eigenvalue weighted by molar-refractivity contribution is 0.628. The number of hydrogen-bond acceptors (Lipinski definition) is 4. The number of benzene rings is 1. The van der Waals surface area contributed by atoms with Crippen molar-refractivity contribution in [1.29, 1.82) is 0 Å². The predicted molar refractivity (Wildman–Crippen MR) is 109 cm³/mol. The Balaban J connectivity index is 1.72. The molecule has 5 rings (SSSR count). The molecule has 5 aromatic rings. The number of aryl methyl sites for hydroxylation is 1. The minimum atomic E-state index is -0.262. The highest BCUT2D eigenvalue weighted by atomic mass is 32.1. The Kier molecular flexibility index (Phi) is 4.02. The van der Waals surface area contributed by atoms with E-state index in [1.165, 1.54) is 12.1 Å². The van der Waals surface area contributed by atoms with E-state index in [9.17, 15) is 4.39 Å². The summed E-state index contributed by atoms with van der Waals surface area (Å²) in [7, 11) is 0. The van der Waals surface area contributed by atoms with Gasteiger partial charge in [0.25, 0.3) is 0 Å². The third-order valence-electron chi connectivity index (χ3n) is 4.67. The Morgan fingerprint density at radius 1 is 1.07 bits per heavy atom. The maximum Gasteiger partial charge on any atom is 0.137 e. The zero-order chi connectivity index (χ0) is 19.1. The molecule has 138 valence electrons. The number of hydrogen-bond donors (Lipinski definition) is 1. The standard InChI is InChI=1S/C21H16FN5S/c1-13-25-10-16(28-13)11-27-12-26-19(14-2-4-15(22)5-3-14)20(27)17-6-8-23-21-18(17)7-9-24-21/h2-10,12H,11H2,1H3,(H,23,24).